The van der Waals surface area contributed by atoms with Crippen LogP contribution < -0.4 is 5.73 Å². The van der Waals surface area contributed by atoms with Crippen molar-refractivity contribution in [3.8, 4) is 0 Å². The molecule has 0 saturated heterocycles. The summed E-state index contributed by atoms with van der Waals surface area (Å²) in [4.78, 5) is 2.44. The third kappa shape index (κ3) is 3.14. The summed E-state index contributed by atoms with van der Waals surface area (Å²) in [7, 11) is 3.48. The predicted octanol–water partition coefficient (Wildman–Crippen LogP) is 0.461. The van der Waals surface area contributed by atoms with E-state index in [2.05, 4.69) is 11.8 Å². The minimum absolute atomic E-state index is 0.233. The van der Waals surface area contributed by atoms with Crippen molar-refractivity contribution in [3.63, 3.8) is 0 Å². The van der Waals surface area contributed by atoms with Gasteiger partial charge >= 0.3 is 0 Å². The number of ether oxygens (including phenoxy) is 2. The second-order valence-corrected chi connectivity index (χ2v) is 4.42. The van der Waals surface area contributed by atoms with Gasteiger partial charge in [0.15, 0.2) is 0 Å². The molecule has 0 amide bonds. The van der Waals surface area contributed by atoms with Gasteiger partial charge in [0.25, 0.3) is 0 Å². The highest BCUT2D eigenvalue weighted by Gasteiger charge is 2.47. The smallest absolute Gasteiger partial charge is 0.0615 e. The SMILES string of the molecule is COCCN(C(C)COC)C1(CN)CC1. The Morgan fingerprint density at radius 1 is 1.33 bits per heavy atom. The fourth-order valence-electron chi connectivity index (χ4n) is 2.20. The molecule has 90 valence electrons. The van der Waals surface area contributed by atoms with Crippen molar-refractivity contribution >= 4 is 0 Å². The van der Waals surface area contributed by atoms with Crippen LogP contribution in [-0.2, 0) is 9.47 Å². The molecule has 0 aromatic carbocycles. The van der Waals surface area contributed by atoms with Gasteiger partial charge < -0.3 is 15.2 Å². The van der Waals surface area contributed by atoms with E-state index in [4.69, 9.17) is 15.2 Å². The number of hydrogen-bond acceptors (Lipinski definition) is 4. The van der Waals surface area contributed by atoms with E-state index in [1.165, 1.54) is 12.8 Å². The number of hydrogen-bond donors (Lipinski definition) is 1. The van der Waals surface area contributed by atoms with Crippen molar-refractivity contribution in [2.24, 2.45) is 5.73 Å². The van der Waals surface area contributed by atoms with Gasteiger partial charge in [-0.25, -0.2) is 0 Å². The average Bonchev–Trinajstić information content (AvgIpc) is 3.00. The lowest BCUT2D eigenvalue weighted by Gasteiger charge is -2.35. The van der Waals surface area contributed by atoms with Crippen molar-refractivity contribution in [1.29, 1.82) is 0 Å². The largest absolute Gasteiger partial charge is 0.383 e. The Labute approximate surface area is 92.7 Å². The molecule has 1 aliphatic carbocycles. The standard InChI is InChI=1S/C11H24N2O2/c1-10(8-15-3)13(6-7-14-2)11(9-12)4-5-11/h10H,4-9,12H2,1-3H3. The van der Waals surface area contributed by atoms with Crippen LogP contribution in [-0.4, -0.2) is 57.0 Å². The van der Waals surface area contributed by atoms with Crippen LogP contribution in [0.5, 0.6) is 0 Å². The fourth-order valence-corrected chi connectivity index (χ4v) is 2.20. The number of rotatable bonds is 8. The molecule has 1 fully saturated rings. The van der Waals surface area contributed by atoms with E-state index in [9.17, 15) is 0 Å². The van der Waals surface area contributed by atoms with Crippen LogP contribution in [0.25, 0.3) is 0 Å². The number of methoxy groups -OCH3 is 2. The first-order chi connectivity index (χ1) is 7.20. The molecule has 1 atom stereocenters. The van der Waals surface area contributed by atoms with Crippen LogP contribution in [0.2, 0.25) is 0 Å². The third-order valence-electron chi connectivity index (χ3n) is 3.29. The molecule has 0 bridgehead atoms. The maximum atomic E-state index is 5.85. The normalized spacial score (nSPS) is 20.6. The maximum absolute atomic E-state index is 5.85. The van der Waals surface area contributed by atoms with E-state index in [1.54, 1.807) is 14.2 Å². The first kappa shape index (κ1) is 12.9. The summed E-state index contributed by atoms with van der Waals surface area (Å²) in [6.07, 6.45) is 2.42. The van der Waals surface area contributed by atoms with Crippen molar-refractivity contribution in [3.05, 3.63) is 0 Å². The summed E-state index contributed by atoms with van der Waals surface area (Å²) in [6.45, 7) is 5.39. The van der Waals surface area contributed by atoms with Gasteiger partial charge in [-0.1, -0.05) is 0 Å². The van der Waals surface area contributed by atoms with E-state index in [1.807, 2.05) is 0 Å². The van der Waals surface area contributed by atoms with Gasteiger partial charge in [-0.3, -0.25) is 4.90 Å². The molecule has 0 aromatic rings. The zero-order valence-corrected chi connectivity index (χ0v) is 10.2. The minimum Gasteiger partial charge on any atom is -0.383 e. The van der Waals surface area contributed by atoms with Crippen LogP contribution in [0, 0.1) is 0 Å². The summed E-state index contributed by atoms with van der Waals surface area (Å²) in [6, 6.07) is 0.413. The van der Waals surface area contributed by atoms with E-state index in [-0.39, 0.29) is 5.54 Å². The molecular formula is C11H24N2O2. The molecule has 15 heavy (non-hydrogen) atoms. The molecule has 4 nitrogen and oxygen atoms in total. The summed E-state index contributed by atoms with van der Waals surface area (Å²) in [5, 5.41) is 0. The summed E-state index contributed by atoms with van der Waals surface area (Å²) in [5.41, 5.74) is 6.08. The van der Waals surface area contributed by atoms with E-state index in [0.29, 0.717) is 6.04 Å². The molecule has 0 aliphatic heterocycles. The molecule has 1 unspecified atom stereocenters. The fraction of sp³-hybridized carbons (Fsp3) is 1.00. The van der Waals surface area contributed by atoms with Gasteiger partial charge in [-0.2, -0.15) is 0 Å². The van der Waals surface area contributed by atoms with Gasteiger partial charge in [0, 0.05) is 38.9 Å². The molecule has 4 heteroatoms. The molecule has 1 saturated carbocycles. The van der Waals surface area contributed by atoms with Crippen LogP contribution in [0.1, 0.15) is 19.8 Å². The predicted molar refractivity (Wildman–Crippen MR) is 60.9 cm³/mol. The summed E-state index contributed by atoms with van der Waals surface area (Å²) in [5.74, 6) is 0. The monoisotopic (exact) mass is 216 g/mol. The van der Waals surface area contributed by atoms with E-state index >= 15 is 0 Å². The highest BCUT2D eigenvalue weighted by molar-refractivity contribution is 5.06. The zero-order valence-electron chi connectivity index (χ0n) is 10.2. The van der Waals surface area contributed by atoms with Crippen LogP contribution in [0.15, 0.2) is 0 Å². The van der Waals surface area contributed by atoms with Crippen LogP contribution in [0.3, 0.4) is 0 Å². The van der Waals surface area contributed by atoms with Crippen LogP contribution in [0.4, 0.5) is 0 Å². The Morgan fingerprint density at radius 2 is 2.00 bits per heavy atom. The lowest BCUT2D eigenvalue weighted by Crippen LogP contribution is -2.50. The summed E-state index contributed by atoms with van der Waals surface area (Å²) < 4.78 is 10.4. The number of nitrogens with two attached hydrogens (primary N) is 1. The molecular weight excluding hydrogens is 192 g/mol. The van der Waals surface area contributed by atoms with Crippen LogP contribution >= 0.6 is 0 Å². The third-order valence-corrected chi connectivity index (χ3v) is 3.29. The second-order valence-electron chi connectivity index (χ2n) is 4.42. The zero-order chi connectivity index (χ0) is 11.3. The topological polar surface area (TPSA) is 47.7 Å². The quantitative estimate of drug-likeness (QED) is 0.640. The Bertz CT molecular complexity index is 183. The molecule has 0 radical (unpaired) electrons. The Balaban J connectivity index is 2.52. The first-order valence-corrected chi connectivity index (χ1v) is 5.65. The molecule has 1 aliphatic rings. The lowest BCUT2D eigenvalue weighted by atomic mass is 10.1. The van der Waals surface area contributed by atoms with Crippen molar-refractivity contribution < 1.29 is 9.47 Å². The highest BCUT2D eigenvalue weighted by Crippen LogP contribution is 2.41. The molecule has 0 heterocycles. The summed E-state index contributed by atoms with van der Waals surface area (Å²) >= 11 is 0. The first-order valence-electron chi connectivity index (χ1n) is 5.65. The van der Waals surface area contributed by atoms with E-state index in [0.717, 1.165) is 26.3 Å². The van der Waals surface area contributed by atoms with Gasteiger partial charge in [-0.15, -0.1) is 0 Å². The van der Waals surface area contributed by atoms with Crippen molar-refractivity contribution in [2.45, 2.75) is 31.3 Å². The van der Waals surface area contributed by atoms with Gasteiger partial charge in [0.2, 0.25) is 0 Å². The second kappa shape index (κ2) is 5.80. The van der Waals surface area contributed by atoms with Gasteiger partial charge in [0.05, 0.1) is 13.2 Å². The average molecular weight is 216 g/mol. The van der Waals surface area contributed by atoms with Crippen molar-refractivity contribution in [1.82, 2.24) is 4.90 Å². The van der Waals surface area contributed by atoms with Gasteiger partial charge in [0.1, 0.15) is 0 Å². The maximum Gasteiger partial charge on any atom is 0.0615 e. The van der Waals surface area contributed by atoms with Gasteiger partial charge in [-0.05, 0) is 19.8 Å². The molecule has 0 spiro atoms. The van der Waals surface area contributed by atoms with Crippen molar-refractivity contribution in [2.75, 3.05) is 40.5 Å². The lowest BCUT2D eigenvalue weighted by molar-refractivity contribution is 0.0404. The Hall–Kier alpha value is -0.160. The Kier molecular flexibility index (Phi) is 4.99. The molecule has 1 rings (SSSR count). The highest BCUT2D eigenvalue weighted by atomic mass is 16.5. The Morgan fingerprint density at radius 3 is 2.40 bits per heavy atom. The minimum atomic E-state index is 0.233. The van der Waals surface area contributed by atoms with E-state index < -0.39 is 0 Å². The molecule has 0 aromatic heterocycles. The molecule has 2 N–H and O–H groups in total. The number of nitrogens with zero attached hydrogens (tertiary/aromatic N) is 1.